The van der Waals surface area contributed by atoms with Crippen molar-refractivity contribution in [3.8, 4) is 6.07 Å². The zero-order chi connectivity index (χ0) is 20.7. The molecular formula is C20H27N3O5. The maximum atomic E-state index is 12.6. The summed E-state index contributed by atoms with van der Waals surface area (Å²) in [5.74, 6) is -0.872. The SMILES string of the molecule is CCOC(=O)C(C#N)CCc1ccc2c(n1)N(C(=O)OC(C)(C)C)CCOC2. The Bertz CT molecular complexity index is 751. The van der Waals surface area contributed by atoms with Crippen LogP contribution in [0.25, 0.3) is 0 Å². The second-order valence-corrected chi connectivity index (χ2v) is 7.44. The van der Waals surface area contributed by atoms with Crippen LogP contribution < -0.4 is 4.90 Å². The van der Waals surface area contributed by atoms with E-state index in [1.807, 2.05) is 18.2 Å². The molecular weight excluding hydrogens is 362 g/mol. The van der Waals surface area contributed by atoms with Gasteiger partial charge in [0.25, 0.3) is 0 Å². The molecule has 28 heavy (non-hydrogen) atoms. The van der Waals surface area contributed by atoms with Crippen LogP contribution in [0.15, 0.2) is 12.1 Å². The highest BCUT2D eigenvalue weighted by molar-refractivity contribution is 5.87. The van der Waals surface area contributed by atoms with Gasteiger partial charge >= 0.3 is 12.1 Å². The molecule has 0 N–H and O–H groups in total. The summed E-state index contributed by atoms with van der Waals surface area (Å²) in [5, 5.41) is 9.20. The maximum absolute atomic E-state index is 12.6. The molecule has 152 valence electrons. The first-order valence-electron chi connectivity index (χ1n) is 9.38. The Kier molecular flexibility index (Phi) is 7.35. The van der Waals surface area contributed by atoms with Crippen LogP contribution in [-0.4, -0.2) is 42.4 Å². The van der Waals surface area contributed by atoms with Crippen LogP contribution in [0.2, 0.25) is 0 Å². The van der Waals surface area contributed by atoms with E-state index in [-0.39, 0.29) is 6.61 Å². The van der Waals surface area contributed by atoms with Gasteiger partial charge < -0.3 is 14.2 Å². The summed E-state index contributed by atoms with van der Waals surface area (Å²) in [6, 6.07) is 5.65. The van der Waals surface area contributed by atoms with Crippen LogP contribution in [0, 0.1) is 17.2 Å². The molecule has 0 aliphatic carbocycles. The molecule has 0 bridgehead atoms. The average molecular weight is 389 g/mol. The smallest absolute Gasteiger partial charge is 0.416 e. The Morgan fingerprint density at radius 3 is 2.79 bits per heavy atom. The van der Waals surface area contributed by atoms with Crippen LogP contribution in [0.5, 0.6) is 0 Å². The first kappa shape index (κ1) is 21.6. The fraction of sp³-hybridized carbons (Fsp3) is 0.600. The monoisotopic (exact) mass is 389 g/mol. The highest BCUT2D eigenvalue weighted by Gasteiger charge is 2.28. The second-order valence-electron chi connectivity index (χ2n) is 7.44. The quantitative estimate of drug-likeness (QED) is 0.713. The Balaban J connectivity index is 2.19. The van der Waals surface area contributed by atoms with Gasteiger partial charge in [0.05, 0.1) is 32.4 Å². The Labute approximate surface area is 165 Å². The van der Waals surface area contributed by atoms with Crippen molar-refractivity contribution in [3.05, 3.63) is 23.4 Å². The summed E-state index contributed by atoms with van der Waals surface area (Å²) >= 11 is 0. The summed E-state index contributed by atoms with van der Waals surface area (Å²) in [5.41, 5.74) is 0.842. The number of pyridine rings is 1. The lowest BCUT2D eigenvalue weighted by Crippen LogP contribution is -2.39. The Morgan fingerprint density at radius 2 is 2.14 bits per heavy atom. The minimum absolute atomic E-state index is 0.235. The van der Waals surface area contributed by atoms with E-state index < -0.39 is 23.6 Å². The molecule has 1 aromatic rings. The van der Waals surface area contributed by atoms with Gasteiger partial charge in [-0.2, -0.15) is 5.26 Å². The lowest BCUT2D eigenvalue weighted by Gasteiger charge is -2.26. The normalized spacial score (nSPS) is 15.0. The summed E-state index contributed by atoms with van der Waals surface area (Å²) in [4.78, 5) is 30.5. The standard InChI is InChI=1S/C20H27N3O5/c1-5-27-18(24)14(12-21)6-8-16-9-7-15-13-26-11-10-23(17(15)22-16)19(25)28-20(2,3)4/h7,9,14H,5-6,8,10-11,13H2,1-4H3. The van der Waals surface area contributed by atoms with Gasteiger partial charge in [0.2, 0.25) is 0 Å². The molecule has 1 amide bonds. The molecule has 1 aliphatic heterocycles. The number of nitriles is 1. The molecule has 1 atom stereocenters. The van der Waals surface area contributed by atoms with E-state index in [0.29, 0.717) is 44.1 Å². The molecule has 1 aromatic heterocycles. The van der Waals surface area contributed by atoms with Crippen LogP contribution in [0.4, 0.5) is 10.6 Å². The van der Waals surface area contributed by atoms with Crippen molar-refractivity contribution in [2.45, 2.75) is 52.7 Å². The van der Waals surface area contributed by atoms with Crippen molar-refractivity contribution < 1.29 is 23.8 Å². The van der Waals surface area contributed by atoms with Crippen molar-refractivity contribution in [2.24, 2.45) is 5.92 Å². The number of hydrogen-bond donors (Lipinski definition) is 0. The molecule has 0 saturated carbocycles. The number of nitrogens with zero attached hydrogens (tertiary/aromatic N) is 3. The van der Waals surface area contributed by atoms with Gasteiger partial charge in [-0.1, -0.05) is 6.07 Å². The molecule has 0 saturated heterocycles. The number of carbonyl (C=O) groups excluding carboxylic acids is 2. The van der Waals surface area contributed by atoms with E-state index in [4.69, 9.17) is 14.2 Å². The van der Waals surface area contributed by atoms with Crippen LogP contribution in [0.1, 0.15) is 45.4 Å². The lowest BCUT2D eigenvalue weighted by molar-refractivity contribution is -0.146. The van der Waals surface area contributed by atoms with Gasteiger partial charge in [0, 0.05) is 11.3 Å². The third kappa shape index (κ3) is 5.92. The zero-order valence-electron chi connectivity index (χ0n) is 16.9. The third-order valence-electron chi connectivity index (χ3n) is 4.02. The summed E-state index contributed by atoms with van der Waals surface area (Å²) in [6.07, 6.45) is 0.225. The first-order valence-corrected chi connectivity index (χ1v) is 9.38. The fourth-order valence-electron chi connectivity index (χ4n) is 2.71. The van der Waals surface area contributed by atoms with E-state index in [9.17, 15) is 14.9 Å². The Morgan fingerprint density at radius 1 is 1.39 bits per heavy atom. The van der Waals surface area contributed by atoms with Gasteiger partial charge in [0.15, 0.2) is 0 Å². The highest BCUT2D eigenvalue weighted by Crippen LogP contribution is 2.25. The van der Waals surface area contributed by atoms with E-state index in [1.54, 1.807) is 27.7 Å². The summed E-state index contributed by atoms with van der Waals surface area (Å²) < 4.78 is 16.0. The predicted octanol–water partition coefficient (Wildman–Crippen LogP) is 2.99. The van der Waals surface area contributed by atoms with E-state index in [0.717, 1.165) is 5.56 Å². The summed E-state index contributed by atoms with van der Waals surface area (Å²) in [7, 11) is 0. The van der Waals surface area contributed by atoms with Gasteiger partial charge in [-0.15, -0.1) is 0 Å². The van der Waals surface area contributed by atoms with Gasteiger partial charge in [-0.25, -0.2) is 9.78 Å². The van der Waals surface area contributed by atoms with Crippen molar-refractivity contribution >= 4 is 17.9 Å². The van der Waals surface area contributed by atoms with Gasteiger partial charge in [-0.3, -0.25) is 9.69 Å². The molecule has 2 rings (SSSR count). The number of aryl methyl sites for hydroxylation is 1. The molecule has 1 unspecified atom stereocenters. The largest absolute Gasteiger partial charge is 0.465 e. The second kappa shape index (κ2) is 9.51. The number of rotatable bonds is 5. The highest BCUT2D eigenvalue weighted by atomic mass is 16.6. The van der Waals surface area contributed by atoms with Crippen LogP contribution in [-0.2, 0) is 32.0 Å². The minimum Gasteiger partial charge on any atom is -0.465 e. The molecule has 0 fully saturated rings. The number of carbonyl (C=O) groups is 2. The summed E-state index contributed by atoms with van der Waals surface area (Å²) in [6.45, 7) is 8.43. The van der Waals surface area contributed by atoms with Crippen molar-refractivity contribution in [1.29, 1.82) is 5.26 Å². The van der Waals surface area contributed by atoms with Crippen molar-refractivity contribution in [2.75, 3.05) is 24.7 Å². The molecule has 8 heteroatoms. The minimum atomic E-state index is -0.842. The molecule has 8 nitrogen and oxygen atoms in total. The number of anilines is 1. The van der Waals surface area contributed by atoms with Gasteiger partial charge in [-0.05, 0) is 46.6 Å². The number of esters is 1. The fourth-order valence-corrected chi connectivity index (χ4v) is 2.71. The lowest BCUT2D eigenvalue weighted by atomic mass is 10.0. The average Bonchev–Trinajstić information content (AvgIpc) is 2.83. The number of aromatic nitrogens is 1. The number of hydrogen-bond acceptors (Lipinski definition) is 7. The maximum Gasteiger partial charge on any atom is 0.416 e. The number of ether oxygens (including phenoxy) is 3. The first-order chi connectivity index (χ1) is 13.2. The van der Waals surface area contributed by atoms with Crippen molar-refractivity contribution in [1.82, 2.24) is 4.98 Å². The topological polar surface area (TPSA) is 102 Å². The molecule has 2 heterocycles. The molecule has 1 aliphatic rings. The van der Waals surface area contributed by atoms with E-state index in [2.05, 4.69) is 4.98 Å². The van der Waals surface area contributed by atoms with Crippen molar-refractivity contribution in [3.63, 3.8) is 0 Å². The number of amides is 1. The van der Waals surface area contributed by atoms with E-state index in [1.165, 1.54) is 4.90 Å². The molecule has 0 radical (unpaired) electrons. The van der Waals surface area contributed by atoms with Crippen LogP contribution >= 0.6 is 0 Å². The third-order valence-corrected chi connectivity index (χ3v) is 4.02. The van der Waals surface area contributed by atoms with Crippen LogP contribution in [0.3, 0.4) is 0 Å². The zero-order valence-corrected chi connectivity index (χ0v) is 16.9. The Hall–Kier alpha value is -2.66. The molecule has 0 aromatic carbocycles. The van der Waals surface area contributed by atoms with E-state index >= 15 is 0 Å². The predicted molar refractivity (Wildman–Crippen MR) is 102 cm³/mol. The molecule has 0 spiro atoms. The van der Waals surface area contributed by atoms with Gasteiger partial charge in [0.1, 0.15) is 17.3 Å². The number of fused-ring (bicyclic) bond motifs is 1.